The van der Waals surface area contributed by atoms with E-state index in [1.54, 1.807) is 0 Å². The van der Waals surface area contributed by atoms with E-state index in [4.69, 9.17) is 15.2 Å². The molecule has 7 heteroatoms. The smallest absolute Gasteiger partial charge is 0.168 e. The lowest BCUT2D eigenvalue weighted by Crippen LogP contribution is -2.34. The van der Waals surface area contributed by atoms with Gasteiger partial charge in [0, 0.05) is 12.6 Å². The fourth-order valence-electron chi connectivity index (χ4n) is 1.47. The minimum Gasteiger partial charge on any atom is -0.381 e. The number of nitrogen functional groups attached to an aromatic ring is 1. The summed E-state index contributed by atoms with van der Waals surface area (Å²) in [5.41, 5.74) is 5.25. The number of ether oxygens (including phenoxy) is 2. The van der Waals surface area contributed by atoms with E-state index in [1.807, 2.05) is 0 Å². The van der Waals surface area contributed by atoms with Gasteiger partial charge in [-0.3, -0.25) is 0 Å². The van der Waals surface area contributed by atoms with Crippen molar-refractivity contribution in [3.05, 3.63) is 17.7 Å². The van der Waals surface area contributed by atoms with Crippen molar-refractivity contribution in [2.75, 3.05) is 37.4 Å². The van der Waals surface area contributed by atoms with Crippen LogP contribution in [-0.2, 0) is 9.47 Å². The van der Waals surface area contributed by atoms with E-state index in [-0.39, 0.29) is 17.7 Å². The number of nitrogens with one attached hydrogen (secondary N) is 1. The van der Waals surface area contributed by atoms with Crippen molar-refractivity contribution in [1.29, 1.82) is 0 Å². The molecule has 3 N–H and O–H groups in total. The molecule has 0 aliphatic carbocycles. The van der Waals surface area contributed by atoms with Gasteiger partial charge in [0.15, 0.2) is 23.3 Å². The van der Waals surface area contributed by atoms with E-state index in [0.717, 1.165) is 0 Å². The van der Waals surface area contributed by atoms with Crippen LogP contribution in [0.25, 0.3) is 0 Å². The second kappa shape index (κ2) is 5.24. The molecule has 1 aliphatic heterocycles. The summed E-state index contributed by atoms with van der Waals surface area (Å²) >= 11 is 0. The number of hydrogen-bond donors (Lipinski definition) is 2. The number of rotatable bonds is 3. The van der Waals surface area contributed by atoms with Gasteiger partial charge in [0.05, 0.1) is 25.9 Å². The van der Waals surface area contributed by atoms with Crippen LogP contribution in [0.4, 0.5) is 20.4 Å². The summed E-state index contributed by atoms with van der Waals surface area (Å²) in [6.45, 7) is 1.83. The number of halogens is 2. The Balaban J connectivity index is 1.96. The zero-order valence-corrected chi connectivity index (χ0v) is 9.08. The zero-order chi connectivity index (χ0) is 12.3. The molecule has 1 fully saturated rings. The van der Waals surface area contributed by atoms with Crippen molar-refractivity contribution in [3.8, 4) is 0 Å². The first kappa shape index (κ1) is 12.0. The lowest BCUT2D eigenvalue weighted by molar-refractivity contribution is -0.0819. The third kappa shape index (κ3) is 3.01. The SMILES string of the molecule is Nc1nc(NCC2COCCO2)c(F)cc1F. The highest BCUT2D eigenvalue weighted by atomic mass is 19.1. The van der Waals surface area contributed by atoms with Crippen molar-refractivity contribution in [1.82, 2.24) is 4.98 Å². The number of aromatic nitrogens is 1. The first-order chi connectivity index (χ1) is 8.16. The predicted octanol–water partition coefficient (Wildman–Crippen LogP) is 0.769. The number of pyridine rings is 1. The van der Waals surface area contributed by atoms with Crippen molar-refractivity contribution in [2.45, 2.75) is 6.10 Å². The molecule has 1 aromatic heterocycles. The summed E-state index contributed by atoms with van der Waals surface area (Å²) in [6, 6.07) is 0.697. The summed E-state index contributed by atoms with van der Waals surface area (Å²) < 4.78 is 36.7. The quantitative estimate of drug-likeness (QED) is 0.823. The second-order valence-electron chi connectivity index (χ2n) is 3.63. The molecule has 2 rings (SSSR count). The van der Waals surface area contributed by atoms with Gasteiger partial charge < -0.3 is 20.5 Å². The van der Waals surface area contributed by atoms with Gasteiger partial charge in [0.25, 0.3) is 0 Å². The molecule has 0 saturated carbocycles. The number of anilines is 2. The summed E-state index contributed by atoms with van der Waals surface area (Å²) in [5.74, 6) is -2.08. The van der Waals surface area contributed by atoms with Crippen LogP contribution in [0.2, 0.25) is 0 Å². The highest BCUT2D eigenvalue weighted by molar-refractivity contribution is 5.44. The normalized spacial score (nSPS) is 20.2. The second-order valence-corrected chi connectivity index (χ2v) is 3.63. The van der Waals surface area contributed by atoms with Gasteiger partial charge in [-0.25, -0.2) is 13.8 Å². The molecular weight excluding hydrogens is 232 g/mol. The fraction of sp³-hybridized carbons (Fsp3) is 0.500. The molecule has 1 aliphatic rings. The van der Waals surface area contributed by atoms with Crippen LogP contribution in [0.5, 0.6) is 0 Å². The van der Waals surface area contributed by atoms with Crippen molar-refractivity contribution in [3.63, 3.8) is 0 Å². The maximum atomic E-state index is 13.3. The number of nitrogens with two attached hydrogens (primary N) is 1. The first-order valence-corrected chi connectivity index (χ1v) is 5.21. The Bertz CT molecular complexity index is 397. The Morgan fingerprint density at radius 2 is 2.24 bits per heavy atom. The van der Waals surface area contributed by atoms with Gasteiger partial charge in [-0.1, -0.05) is 0 Å². The van der Waals surface area contributed by atoms with E-state index < -0.39 is 11.6 Å². The molecule has 94 valence electrons. The standard InChI is InChI=1S/C10H13F2N3O2/c11-7-3-8(12)10(15-9(7)13)14-4-6-5-16-1-2-17-6/h3,6H,1-2,4-5H2,(H3,13,14,15). The van der Waals surface area contributed by atoms with E-state index in [9.17, 15) is 8.78 Å². The van der Waals surface area contributed by atoms with E-state index in [0.29, 0.717) is 32.4 Å². The molecule has 17 heavy (non-hydrogen) atoms. The van der Waals surface area contributed by atoms with Crippen LogP contribution in [0.1, 0.15) is 0 Å². The van der Waals surface area contributed by atoms with E-state index in [1.165, 1.54) is 0 Å². The number of nitrogens with zero attached hydrogens (tertiary/aromatic N) is 1. The summed E-state index contributed by atoms with van der Waals surface area (Å²) in [6.07, 6.45) is -0.170. The van der Waals surface area contributed by atoms with Gasteiger partial charge in [-0.2, -0.15) is 0 Å². The average Bonchev–Trinajstić information content (AvgIpc) is 2.33. The van der Waals surface area contributed by atoms with Gasteiger partial charge in [-0.05, 0) is 0 Å². The maximum absolute atomic E-state index is 13.3. The van der Waals surface area contributed by atoms with Crippen LogP contribution in [0.15, 0.2) is 6.07 Å². The highest BCUT2D eigenvalue weighted by Crippen LogP contribution is 2.16. The lowest BCUT2D eigenvalue weighted by Gasteiger charge is -2.23. The van der Waals surface area contributed by atoms with Crippen molar-refractivity contribution < 1.29 is 18.3 Å². The molecule has 5 nitrogen and oxygen atoms in total. The molecule has 1 saturated heterocycles. The van der Waals surface area contributed by atoms with Gasteiger partial charge in [0.2, 0.25) is 0 Å². The Hall–Kier alpha value is -1.47. The molecular formula is C10H13F2N3O2. The predicted molar refractivity (Wildman–Crippen MR) is 57.6 cm³/mol. The monoisotopic (exact) mass is 245 g/mol. The Labute approximate surface area is 96.9 Å². The van der Waals surface area contributed by atoms with Crippen LogP contribution in [0, 0.1) is 11.6 Å². The van der Waals surface area contributed by atoms with Crippen molar-refractivity contribution in [2.24, 2.45) is 0 Å². The van der Waals surface area contributed by atoms with Crippen LogP contribution < -0.4 is 11.1 Å². The fourth-order valence-corrected chi connectivity index (χ4v) is 1.47. The van der Waals surface area contributed by atoms with Gasteiger partial charge >= 0.3 is 0 Å². The molecule has 0 spiro atoms. The molecule has 1 unspecified atom stereocenters. The van der Waals surface area contributed by atoms with Crippen LogP contribution in [-0.4, -0.2) is 37.5 Å². The van der Waals surface area contributed by atoms with Crippen LogP contribution >= 0.6 is 0 Å². The van der Waals surface area contributed by atoms with Crippen molar-refractivity contribution >= 4 is 11.6 Å². The van der Waals surface area contributed by atoms with E-state index in [2.05, 4.69) is 10.3 Å². The first-order valence-electron chi connectivity index (χ1n) is 5.21. The summed E-state index contributed by atoms with van der Waals surface area (Å²) in [4.78, 5) is 3.58. The van der Waals surface area contributed by atoms with Crippen LogP contribution in [0.3, 0.4) is 0 Å². The third-order valence-corrected chi connectivity index (χ3v) is 2.34. The summed E-state index contributed by atoms with van der Waals surface area (Å²) in [7, 11) is 0. The minimum atomic E-state index is -0.870. The minimum absolute atomic E-state index is 0.0851. The largest absolute Gasteiger partial charge is 0.381 e. The van der Waals surface area contributed by atoms with Gasteiger partial charge in [0.1, 0.15) is 0 Å². The number of hydrogen-bond acceptors (Lipinski definition) is 5. The molecule has 0 amide bonds. The molecule has 0 aromatic carbocycles. The Morgan fingerprint density at radius 3 is 2.94 bits per heavy atom. The highest BCUT2D eigenvalue weighted by Gasteiger charge is 2.16. The molecule has 0 bridgehead atoms. The topological polar surface area (TPSA) is 69.4 Å². The summed E-state index contributed by atoms with van der Waals surface area (Å²) in [5, 5.41) is 2.71. The van der Waals surface area contributed by atoms with E-state index >= 15 is 0 Å². The molecule has 2 heterocycles. The third-order valence-electron chi connectivity index (χ3n) is 2.34. The Morgan fingerprint density at radius 1 is 1.41 bits per heavy atom. The molecule has 1 atom stereocenters. The maximum Gasteiger partial charge on any atom is 0.168 e. The zero-order valence-electron chi connectivity index (χ0n) is 9.08. The Kier molecular flexibility index (Phi) is 3.70. The molecule has 1 aromatic rings. The average molecular weight is 245 g/mol. The molecule has 0 radical (unpaired) electrons. The lowest BCUT2D eigenvalue weighted by atomic mass is 10.3. The van der Waals surface area contributed by atoms with Gasteiger partial charge in [-0.15, -0.1) is 0 Å².